The summed E-state index contributed by atoms with van der Waals surface area (Å²) in [6.45, 7) is 0.119. The lowest BCUT2D eigenvalue weighted by Gasteiger charge is -2.43. The van der Waals surface area contributed by atoms with Gasteiger partial charge in [-0.25, -0.2) is 4.98 Å². The summed E-state index contributed by atoms with van der Waals surface area (Å²) in [5.74, 6) is -0.190. The maximum atomic E-state index is 12.8. The van der Waals surface area contributed by atoms with E-state index in [9.17, 15) is 22.8 Å². The quantitative estimate of drug-likeness (QED) is 0.825. The molecule has 0 radical (unpaired) electrons. The SMILES string of the molecule is N#Cc1cccc(N2C[C@@H]3C[C@H](C2)c2ccc(C(=O)NCC(F)(F)F)c(=O)n2C3)n1. The van der Waals surface area contributed by atoms with Crippen LogP contribution in [0.2, 0.25) is 0 Å². The van der Waals surface area contributed by atoms with Crippen molar-refractivity contribution in [2.75, 3.05) is 24.5 Å². The van der Waals surface area contributed by atoms with E-state index in [0.717, 1.165) is 12.1 Å². The van der Waals surface area contributed by atoms with Crippen LogP contribution in [-0.2, 0) is 6.54 Å². The second kappa shape index (κ2) is 7.48. The van der Waals surface area contributed by atoms with Gasteiger partial charge < -0.3 is 14.8 Å². The third-order valence-electron chi connectivity index (χ3n) is 5.47. The number of anilines is 1. The van der Waals surface area contributed by atoms with Crippen LogP contribution in [0, 0.1) is 17.2 Å². The summed E-state index contributed by atoms with van der Waals surface area (Å²) >= 11 is 0. The molecule has 2 atom stereocenters. The molecule has 1 N–H and O–H groups in total. The lowest BCUT2D eigenvalue weighted by atomic mass is 9.83. The third-order valence-corrected chi connectivity index (χ3v) is 5.47. The molecule has 0 saturated carbocycles. The van der Waals surface area contributed by atoms with Gasteiger partial charge >= 0.3 is 6.18 Å². The van der Waals surface area contributed by atoms with Gasteiger partial charge in [0.05, 0.1) is 0 Å². The molecule has 1 fully saturated rings. The van der Waals surface area contributed by atoms with Crippen LogP contribution in [-0.4, -0.2) is 41.3 Å². The van der Waals surface area contributed by atoms with Gasteiger partial charge in [0.1, 0.15) is 29.7 Å². The van der Waals surface area contributed by atoms with Crippen molar-refractivity contribution in [2.45, 2.75) is 25.1 Å². The number of alkyl halides is 3. The topological polar surface area (TPSA) is 91.0 Å². The van der Waals surface area contributed by atoms with E-state index in [2.05, 4.69) is 9.88 Å². The van der Waals surface area contributed by atoms with Crippen molar-refractivity contribution in [1.29, 1.82) is 5.26 Å². The smallest absolute Gasteiger partial charge is 0.356 e. The predicted molar refractivity (Wildman–Crippen MR) is 101 cm³/mol. The summed E-state index contributed by atoms with van der Waals surface area (Å²) in [7, 11) is 0. The van der Waals surface area contributed by atoms with Crippen LogP contribution < -0.4 is 15.8 Å². The molecule has 30 heavy (non-hydrogen) atoms. The van der Waals surface area contributed by atoms with Gasteiger partial charge in [0, 0.05) is 31.2 Å². The van der Waals surface area contributed by atoms with Crippen LogP contribution in [0.15, 0.2) is 35.1 Å². The molecular formula is C20H18F3N5O2. The van der Waals surface area contributed by atoms with E-state index in [1.165, 1.54) is 10.6 Å². The van der Waals surface area contributed by atoms with E-state index in [1.54, 1.807) is 23.5 Å². The first-order valence-electron chi connectivity index (χ1n) is 9.46. The van der Waals surface area contributed by atoms with E-state index < -0.39 is 24.2 Å². The molecule has 0 unspecified atom stereocenters. The molecule has 4 heterocycles. The molecule has 2 aromatic heterocycles. The largest absolute Gasteiger partial charge is 0.405 e. The number of carbonyl (C=O) groups is 1. The number of amides is 1. The Bertz CT molecular complexity index is 1090. The molecule has 156 valence electrons. The number of rotatable bonds is 3. The van der Waals surface area contributed by atoms with Gasteiger partial charge in [-0.15, -0.1) is 0 Å². The zero-order valence-electron chi connectivity index (χ0n) is 15.8. The van der Waals surface area contributed by atoms with Crippen LogP contribution in [0.3, 0.4) is 0 Å². The van der Waals surface area contributed by atoms with Crippen LogP contribution in [0.5, 0.6) is 0 Å². The molecule has 0 spiro atoms. The minimum absolute atomic E-state index is 0.0185. The highest BCUT2D eigenvalue weighted by Gasteiger charge is 2.36. The average Bonchev–Trinajstić information content (AvgIpc) is 2.72. The van der Waals surface area contributed by atoms with Crippen molar-refractivity contribution in [3.05, 3.63) is 57.6 Å². The highest BCUT2D eigenvalue weighted by Crippen LogP contribution is 2.36. The number of carbonyl (C=O) groups excluding carboxylic acids is 1. The van der Waals surface area contributed by atoms with Gasteiger partial charge in [0.2, 0.25) is 0 Å². The van der Waals surface area contributed by atoms with Crippen molar-refractivity contribution in [2.24, 2.45) is 5.92 Å². The molecular weight excluding hydrogens is 399 g/mol. The second-order valence-electron chi connectivity index (χ2n) is 7.58. The van der Waals surface area contributed by atoms with Crippen molar-refractivity contribution in [1.82, 2.24) is 14.9 Å². The fraction of sp³-hybridized carbons (Fsp3) is 0.400. The first-order valence-corrected chi connectivity index (χ1v) is 9.46. The van der Waals surface area contributed by atoms with Gasteiger partial charge in [-0.3, -0.25) is 9.59 Å². The lowest BCUT2D eigenvalue weighted by molar-refractivity contribution is -0.123. The third kappa shape index (κ3) is 3.87. The van der Waals surface area contributed by atoms with Crippen LogP contribution in [0.25, 0.3) is 0 Å². The van der Waals surface area contributed by atoms with E-state index in [4.69, 9.17) is 5.26 Å². The van der Waals surface area contributed by atoms with E-state index >= 15 is 0 Å². The van der Waals surface area contributed by atoms with Crippen molar-refractivity contribution in [3.8, 4) is 6.07 Å². The van der Waals surface area contributed by atoms with Crippen molar-refractivity contribution >= 4 is 11.7 Å². The number of nitriles is 1. The fourth-order valence-electron chi connectivity index (χ4n) is 4.24. The molecule has 4 rings (SSSR count). The van der Waals surface area contributed by atoms with Crippen LogP contribution in [0.1, 0.15) is 34.1 Å². The highest BCUT2D eigenvalue weighted by atomic mass is 19.4. The van der Waals surface area contributed by atoms with E-state index in [1.807, 2.05) is 12.1 Å². The summed E-state index contributed by atoms with van der Waals surface area (Å²) in [5, 5.41) is 10.8. The molecule has 1 amide bonds. The maximum Gasteiger partial charge on any atom is 0.405 e. The average molecular weight is 417 g/mol. The minimum Gasteiger partial charge on any atom is -0.356 e. The van der Waals surface area contributed by atoms with Crippen molar-refractivity contribution in [3.63, 3.8) is 0 Å². The Morgan fingerprint density at radius 2 is 2.03 bits per heavy atom. The van der Waals surface area contributed by atoms with Gasteiger partial charge in [-0.2, -0.15) is 18.4 Å². The molecule has 0 aromatic carbocycles. The summed E-state index contributed by atoms with van der Waals surface area (Å²) in [6, 6.07) is 10.2. The number of hydrogen-bond donors (Lipinski definition) is 1. The second-order valence-corrected chi connectivity index (χ2v) is 7.58. The van der Waals surface area contributed by atoms with Gasteiger partial charge in [0.25, 0.3) is 11.5 Å². The van der Waals surface area contributed by atoms with Crippen LogP contribution >= 0.6 is 0 Å². The number of piperidine rings is 1. The molecule has 2 aliphatic heterocycles. The number of nitrogens with zero attached hydrogens (tertiary/aromatic N) is 4. The zero-order chi connectivity index (χ0) is 21.5. The van der Waals surface area contributed by atoms with Gasteiger partial charge in [-0.05, 0) is 36.6 Å². The zero-order valence-corrected chi connectivity index (χ0v) is 15.8. The number of fused-ring (bicyclic) bond motifs is 4. The summed E-state index contributed by atoms with van der Waals surface area (Å²) < 4.78 is 38.6. The minimum atomic E-state index is -4.54. The van der Waals surface area contributed by atoms with Gasteiger partial charge in [0.15, 0.2) is 0 Å². The molecule has 2 aromatic rings. The van der Waals surface area contributed by atoms with Crippen molar-refractivity contribution < 1.29 is 18.0 Å². The first-order chi connectivity index (χ1) is 14.2. The maximum absolute atomic E-state index is 12.8. The number of halogens is 3. The molecule has 1 saturated heterocycles. The molecule has 7 nitrogen and oxygen atoms in total. The Morgan fingerprint density at radius 3 is 2.77 bits per heavy atom. The Morgan fingerprint density at radius 1 is 1.23 bits per heavy atom. The highest BCUT2D eigenvalue weighted by molar-refractivity contribution is 5.93. The first kappa shape index (κ1) is 19.9. The molecule has 0 aliphatic carbocycles. The van der Waals surface area contributed by atoms with Gasteiger partial charge in [-0.1, -0.05) is 6.07 Å². The summed E-state index contributed by atoms with van der Waals surface area (Å²) in [4.78, 5) is 31.3. The Kier molecular flexibility index (Phi) is 4.97. The normalized spacial score (nSPS) is 20.3. The monoisotopic (exact) mass is 417 g/mol. The fourth-order valence-corrected chi connectivity index (χ4v) is 4.24. The Balaban J connectivity index is 1.59. The molecule has 2 aliphatic rings. The number of hydrogen-bond acceptors (Lipinski definition) is 5. The number of aromatic nitrogens is 2. The van der Waals surface area contributed by atoms with E-state index in [-0.39, 0.29) is 17.4 Å². The predicted octanol–water partition coefficient (Wildman–Crippen LogP) is 2.03. The van der Waals surface area contributed by atoms with E-state index in [0.29, 0.717) is 31.1 Å². The number of nitrogens with one attached hydrogen (secondary N) is 1. The Hall–Kier alpha value is -3.35. The summed E-state index contributed by atoms with van der Waals surface area (Å²) in [5.41, 5.74) is 0.224. The molecule has 10 heteroatoms. The molecule has 2 bridgehead atoms. The summed E-state index contributed by atoms with van der Waals surface area (Å²) in [6.07, 6.45) is -3.68. The Labute approximate surface area is 169 Å². The number of pyridine rings is 2. The lowest BCUT2D eigenvalue weighted by Crippen LogP contribution is -2.48. The standard InChI is InChI=1S/C20H18F3N5O2/c21-20(22,23)11-25-18(29)15-4-5-16-13-6-12(9-28(16)19(15)30)8-27(10-13)17-3-1-2-14(7-24)26-17/h1-5,12-13H,6,8-11H2,(H,25,29)/t12-,13+/m0/s1. The van der Waals surface area contributed by atoms with Crippen LogP contribution in [0.4, 0.5) is 19.0 Å².